The molecule has 29 heavy (non-hydrogen) atoms. The highest BCUT2D eigenvalue weighted by Crippen LogP contribution is 2.42. The molecule has 0 atom stereocenters. The second-order valence-electron chi connectivity index (χ2n) is 7.93. The van der Waals surface area contributed by atoms with E-state index in [0.29, 0.717) is 11.3 Å². The number of ether oxygens (including phenoxy) is 1. The fraction of sp³-hybridized carbons (Fsp3) is 0.409. The summed E-state index contributed by atoms with van der Waals surface area (Å²) < 4.78 is 5.63. The van der Waals surface area contributed by atoms with Gasteiger partial charge in [0.2, 0.25) is 0 Å². The van der Waals surface area contributed by atoms with E-state index in [9.17, 15) is 9.59 Å². The molecule has 0 saturated carbocycles. The number of rotatable bonds is 4. The summed E-state index contributed by atoms with van der Waals surface area (Å²) in [6, 6.07) is 3.98. The van der Waals surface area contributed by atoms with Gasteiger partial charge in [-0.25, -0.2) is 0 Å². The molecule has 0 bridgehead atoms. The van der Waals surface area contributed by atoms with Crippen LogP contribution in [0.4, 0.5) is 5.69 Å². The van der Waals surface area contributed by atoms with Crippen LogP contribution in [0.5, 0.6) is 5.75 Å². The van der Waals surface area contributed by atoms with Gasteiger partial charge >= 0.3 is 0 Å². The van der Waals surface area contributed by atoms with Gasteiger partial charge in [0, 0.05) is 36.5 Å². The number of nitrogens with one attached hydrogen (secondary N) is 1. The van der Waals surface area contributed by atoms with E-state index in [1.54, 1.807) is 20.2 Å². The van der Waals surface area contributed by atoms with E-state index in [0.717, 1.165) is 29.8 Å². The second-order valence-corrected chi connectivity index (χ2v) is 8.31. The molecular weight excluding hydrogens is 386 g/mol. The highest BCUT2D eigenvalue weighted by Gasteiger charge is 2.33. The number of amides is 2. The first-order chi connectivity index (χ1) is 13.6. The molecule has 1 N–H and O–H groups in total. The zero-order valence-electron chi connectivity index (χ0n) is 17.8. The number of nitrogens with zero attached hydrogens (tertiary/aromatic N) is 2. The topological polar surface area (TPSA) is 61.9 Å². The van der Waals surface area contributed by atoms with Crippen LogP contribution in [-0.4, -0.2) is 48.1 Å². The lowest BCUT2D eigenvalue weighted by Crippen LogP contribution is -2.52. The summed E-state index contributed by atoms with van der Waals surface area (Å²) in [4.78, 5) is 28.6. The number of fused-ring (bicyclic) bond motifs is 1. The Balaban J connectivity index is 2.16. The summed E-state index contributed by atoms with van der Waals surface area (Å²) in [5.41, 5.74) is 3.90. The van der Waals surface area contributed by atoms with Crippen LogP contribution < -0.4 is 15.0 Å². The predicted molar refractivity (Wildman–Crippen MR) is 120 cm³/mol. The molecule has 0 unspecified atom stereocenters. The molecule has 1 aromatic rings. The van der Waals surface area contributed by atoms with Crippen molar-refractivity contribution in [3.8, 4) is 5.75 Å². The van der Waals surface area contributed by atoms with Crippen molar-refractivity contribution in [1.29, 1.82) is 0 Å². The summed E-state index contributed by atoms with van der Waals surface area (Å²) in [6.07, 6.45) is 4.84. The molecule has 2 amide bonds. The van der Waals surface area contributed by atoms with Crippen LogP contribution in [0.15, 0.2) is 23.8 Å². The minimum atomic E-state index is -0.501. The lowest BCUT2D eigenvalue weighted by molar-refractivity contribution is -0.128. The van der Waals surface area contributed by atoms with Crippen molar-refractivity contribution in [3.05, 3.63) is 34.9 Å². The minimum Gasteiger partial charge on any atom is -0.496 e. The van der Waals surface area contributed by atoms with Crippen molar-refractivity contribution < 1.29 is 14.3 Å². The van der Waals surface area contributed by atoms with Crippen molar-refractivity contribution in [2.75, 3.05) is 25.6 Å². The van der Waals surface area contributed by atoms with Crippen LogP contribution >= 0.6 is 12.2 Å². The molecule has 0 aromatic heterocycles. The average Bonchev–Trinajstić information content (AvgIpc) is 2.66. The van der Waals surface area contributed by atoms with Crippen molar-refractivity contribution in [1.82, 2.24) is 10.2 Å². The molecule has 0 radical (unpaired) electrons. The van der Waals surface area contributed by atoms with E-state index < -0.39 is 11.8 Å². The molecule has 0 aliphatic carbocycles. The summed E-state index contributed by atoms with van der Waals surface area (Å²) in [5.74, 6) is -0.322. The Morgan fingerprint density at radius 1 is 1.28 bits per heavy atom. The highest BCUT2D eigenvalue weighted by atomic mass is 32.1. The van der Waals surface area contributed by atoms with E-state index in [1.165, 1.54) is 4.90 Å². The number of benzene rings is 1. The third kappa shape index (κ3) is 3.67. The number of allylic oxidation sites excluding steroid dienone is 1. The maximum absolute atomic E-state index is 12.6. The van der Waals surface area contributed by atoms with Crippen LogP contribution in [0.1, 0.15) is 45.2 Å². The van der Waals surface area contributed by atoms with Gasteiger partial charge in [-0.05, 0) is 57.1 Å². The van der Waals surface area contributed by atoms with Crippen LogP contribution in [0.25, 0.3) is 11.6 Å². The Morgan fingerprint density at radius 3 is 2.59 bits per heavy atom. The van der Waals surface area contributed by atoms with Gasteiger partial charge in [-0.1, -0.05) is 13.0 Å². The number of likely N-dealkylation sites (N-methyl/N-ethyl adjacent to an activating group) is 1. The minimum absolute atomic E-state index is 0.0301. The van der Waals surface area contributed by atoms with Gasteiger partial charge in [-0.3, -0.25) is 19.8 Å². The zero-order chi connectivity index (χ0) is 21.5. The second kappa shape index (κ2) is 7.63. The monoisotopic (exact) mass is 413 g/mol. The maximum Gasteiger partial charge on any atom is 0.265 e. The zero-order valence-corrected chi connectivity index (χ0v) is 18.6. The average molecular weight is 414 g/mol. The molecule has 1 fully saturated rings. The van der Waals surface area contributed by atoms with Crippen molar-refractivity contribution in [3.63, 3.8) is 0 Å². The molecule has 1 saturated heterocycles. The van der Waals surface area contributed by atoms with Gasteiger partial charge in [0.1, 0.15) is 11.3 Å². The van der Waals surface area contributed by atoms with Gasteiger partial charge in [0.15, 0.2) is 5.11 Å². The molecular formula is C22H27N3O3S. The Labute approximate surface area is 177 Å². The standard InChI is InChI=1S/C22H27N3O3S/c1-7-8-25-17-11-18(28-6)14(9-15(17)13(2)12-22(25,3)4)10-16-19(26)23-21(29)24(5)20(16)27/h9-12H,7-8H2,1-6H3,(H,23,26,29)/b16-10-. The summed E-state index contributed by atoms with van der Waals surface area (Å²) in [6.45, 7) is 9.54. The van der Waals surface area contributed by atoms with Gasteiger partial charge in [0.05, 0.1) is 12.6 Å². The number of hydrogen-bond donors (Lipinski definition) is 1. The van der Waals surface area contributed by atoms with E-state index in [1.807, 2.05) is 12.1 Å². The van der Waals surface area contributed by atoms with E-state index in [-0.39, 0.29) is 16.2 Å². The summed E-state index contributed by atoms with van der Waals surface area (Å²) in [5, 5.41) is 2.64. The van der Waals surface area contributed by atoms with Crippen molar-refractivity contribution >= 4 is 46.5 Å². The SMILES string of the molecule is CCCN1c2cc(OC)c(/C=C3/C(=O)NC(=S)N(C)C3=O)cc2C(C)=CC1(C)C. The molecule has 2 aliphatic heterocycles. The van der Waals surface area contributed by atoms with Crippen LogP contribution in [-0.2, 0) is 9.59 Å². The van der Waals surface area contributed by atoms with E-state index in [4.69, 9.17) is 17.0 Å². The molecule has 154 valence electrons. The number of carbonyl (C=O) groups excluding carboxylic acids is 2. The van der Waals surface area contributed by atoms with Gasteiger partial charge in [-0.2, -0.15) is 0 Å². The molecule has 0 spiro atoms. The predicted octanol–water partition coefficient (Wildman–Crippen LogP) is 3.36. The number of methoxy groups -OCH3 is 1. The molecule has 2 heterocycles. The smallest absolute Gasteiger partial charge is 0.265 e. The normalized spacial score (nSPS) is 19.9. The first-order valence-corrected chi connectivity index (χ1v) is 10.1. The Kier molecular flexibility index (Phi) is 5.54. The Morgan fingerprint density at radius 2 is 1.97 bits per heavy atom. The lowest BCUT2D eigenvalue weighted by Gasteiger charge is -2.43. The molecule has 3 rings (SSSR count). The van der Waals surface area contributed by atoms with Crippen molar-refractivity contribution in [2.24, 2.45) is 0 Å². The molecule has 6 nitrogen and oxygen atoms in total. The summed E-state index contributed by atoms with van der Waals surface area (Å²) >= 11 is 5.01. The molecule has 2 aliphatic rings. The van der Waals surface area contributed by atoms with Crippen LogP contribution in [0, 0.1) is 0 Å². The number of anilines is 1. The summed E-state index contributed by atoms with van der Waals surface area (Å²) in [7, 11) is 3.13. The van der Waals surface area contributed by atoms with Gasteiger partial charge in [-0.15, -0.1) is 0 Å². The van der Waals surface area contributed by atoms with Crippen LogP contribution in [0.3, 0.4) is 0 Å². The van der Waals surface area contributed by atoms with E-state index in [2.05, 4.69) is 44.0 Å². The van der Waals surface area contributed by atoms with Gasteiger partial charge in [0.25, 0.3) is 11.8 Å². The van der Waals surface area contributed by atoms with Crippen molar-refractivity contribution in [2.45, 2.75) is 39.7 Å². The number of hydrogen-bond acceptors (Lipinski definition) is 5. The Bertz CT molecular complexity index is 962. The highest BCUT2D eigenvalue weighted by molar-refractivity contribution is 7.80. The van der Waals surface area contributed by atoms with E-state index >= 15 is 0 Å². The first kappa shape index (κ1) is 21.0. The first-order valence-electron chi connectivity index (χ1n) is 9.65. The van der Waals surface area contributed by atoms with Gasteiger partial charge < -0.3 is 9.64 Å². The third-order valence-corrected chi connectivity index (χ3v) is 5.76. The third-order valence-electron chi connectivity index (χ3n) is 5.38. The largest absolute Gasteiger partial charge is 0.496 e. The Hall–Kier alpha value is -2.67. The lowest BCUT2D eigenvalue weighted by atomic mass is 9.87. The quantitative estimate of drug-likeness (QED) is 0.466. The number of carbonyl (C=O) groups is 2. The fourth-order valence-electron chi connectivity index (χ4n) is 3.94. The molecule has 1 aromatic carbocycles. The number of thiocarbonyl (C=S) groups is 1. The molecule has 7 heteroatoms. The van der Waals surface area contributed by atoms with Crippen LogP contribution in [0.2, 0.25) is 0 Å². The maximum atomic E-state index is 12.6. The fourth-order valence-corrected chi connectivity index (χ4v) is 4.12.